The van der Waals surface area contributed by atoms with Gasteiger partial charge in [0.1, 0.15) is 0 Å². The first-order valence-corrected chi connectivity index (χ1v) is 6.88. The highest BCUT2D eigenvalue weighted by molar-refractivity contribution is 5.92. The minimum Gasteiger partial charge on any atom is -0.383 e. The summed E-state index contributed by atoms with van der Waals surface area (Å²) in [4.78, 5) is 3.30. The van der Waals surface area contributed by atoms with E-state index in [9.17, 15) is 0 Å². The topological polar surface area (TPSA) is 53.8 Å². The van der Waals surface area contributed by atoms with Crippen molar-refractivity contribution in [3.63, 3.8) is 0 Å². The molecule has 0 unspecified atom stereocenters. The third-order valence-electron chi connectivity index (χ3n) is 4.06. The van der Waals surface area contributed by atoms with Crippen LogP contribution in [0.1, 0.15) is 25.7 Å². The van der Waals surface area contributed by atoms with E-state index in [4.69, 9.17) is 5.73 Å². The summed E-state index contributed by atoms with van der Waals surface area (Å²) in [5, 5.41) is 4.86. The van der Waals surface area contributed by atoms with Gasteiger partial charge >= 0.3 is 0 Å². The van der Waals surface area contributed by atoms with E-state index >= 15 is 0 Å². The molecule has 0 aliphatic heterocycles. The highest BCUT2D eigenvalue weighted by atomic mass is 14.9. The largest absolute Gasteiger partial charge is 0.383 e. The van der Waals surface area contributed by atoms with Crippen LogP contribution in [-0.4, -0.2) is 17.6 Å². The Balaban J connectivity index is 1.63. The molecule has 3 rings (SSSR count). The number of nitrogens with two attached hydrogens (primary N) is 1. The molecule has 0 atom stereocenters. The second-order valence-electron chi connectivity index (χ2n) is 5.41. The summed E-state index contributed by atoms with van der Waals surface area (Å²) in [5.41, 5.74) is 8.36. The molecule has 2 aromatic rings. The van der Waals surface area contributed by atoms with Crippen molar-refractivity contribution in [3.05, 3.63) is 30.5 Å². The van der Waals surface area contributed by atoms with Gasteiger partial charge in [-0.05, 0) is 37.7 Å². The van der Waals surface area contributed by atoms with Gasteiger partial charge in [-0.3, -0.25) is 0 Å². The van der Waals surface area contributed by atoms with E-state index in [0.717, 1.165) is 12.5 Å². The third-order valence-corrected chi connectivity index (χ3v) is 4.06. The summed E-state index contributed by atoms with van der Waals surface area (Å²) in [5.74, 6) is 0.776. The van der Waals surface area contributed by atoms with E-state index in [0.29, 0.717) is 6.04 Å². The lowest BCUT2D eigenvalue weighted by Gasteiger charge is -2.26. The van der Waals surface area contributed by atoms with Crippen LogP contribution in [-0.2, 0) is 0 Å². The maximum absolute atomic E-state index is 5.94. The van der Waals surface area contributed by atoms with E-state index in [1.165, 1.54) is 42.3 Å². The lowest BCUT2D eigenvalue weighted by molar-refractivity contribution is 0.339. The maximum Gasteiger partial charge on any atom is 0.0598 e. The fraction of sp³-hybridized carbons (Fsp3) is 0.467. The summed E-state index contributed by atoms with van der Waals surface area (Å²) in [7, 11) is 0. The van der Waals surface area contributed by atoms with E-state index in [1.807, 2.05) is 0 Å². The molecule has 0 radical (unpaired) electrons. The number of aromatic nitrogens is 1. The zero-order chi connectivity index (χ0) is 12.4. The van der Waals surface area contributed by atoms with Crippen LogP contribution in [0.5, 0.6) is 0 Å². The molecule has 1 saturated carbocycles. The van der Waals surface area contributed by atoms with Crippen molar-refractivity contribution in [3.8, 4) is 0 Å². The number of H-pyrrole nitrogens is 1. The number of anilines is 1. The first-order chi connectivity index (χ1) is 8.83. The van der Waals surface area contributed by atoms with Gasteiger partial charge in [-0.25, -0.2) is 0 Å². The Morgan fingerprint density at radius 2 is 1.94 bits per heavy atom. The highest BCUT2D eigenvalue weighted by Crippen LogP contribution is 2.26. The smallest absolute Gasteiger partial charge is 0.0598 e. The molecular weight excluding hydrogens is 222 g/mol. The average Bonchev–Trinajstić information content (AvgIpc) is 2.82. The van der Waals surface area contributed by atoms with Gasteiger partial charge < -0.3 is 16.0 Å². The summed E-state index contributed by atoms with van der Waals surface area (Å²) >= 11 is 0. The van der Waals surface area contributed by atoms with Gasteiger partial charge in [0, 0.05) is 29.7 Å². The number of nitrogens with one attached hydrogen (secondary N) is 2. The van der Waals surface area contributed by atoms with Gasteiger partial charge in [0.05, 0.1) is 5.69 Å². The molecule has 1 fully saturated rings. The zero-order valence-corrected chi connectivity index (χ0v) is 10.7. The van der Waals surface area contributed by atoms with Crippen molar-refractivity contribution < 1.29 is 0 Å². The SMILES string of the molecule is NC1CCC(CNc2c[nH]c3ccccc23)CC1. The van der Waals surface area contributed by atoms with Crippen molar-refractivity contribution >= 4 is 16.6 Å². The van der Waals surface area contributed by atoms with Crippen LogP contribution in [0.3, 0.4) is 0 Å². The van der Waals surface area contributed by atoms with Crippen LogP contribution in [0.15, 0.2) is 30.5 Å². The van der Waals surface area contributed by atoms with E-state index < -0.39 is 0 Å². The summed E-state index contributed by atoms with van der Waals surface area (Å²) in [6, 6.07) is 8.85. The Bertz CT molecular complexity index is 509. The van der Waals surface area contributed by atoms with Crippen LogP contribution < -0.4 is 11.1 Å². The Labute approximate surface area is 108 Å². The van der Waals surface area contributed by atoms with Crippen molar-refractivity contribution in [2.75, 3.05) is 11.9 Å². The predicted octanol–water partition coefficient (Wildman–Crippen LogP) is 3.10. The number of hydrogen-bond donors (Lipinski definition) is 3. The second-order valence-corrected chi connectivity index (χ2v) is 5.41. The average molecular weight is 243 g/mol. The number of aromatic amines is 1. The quantitative estimate of drug-likeness (QED) is 0.776. The molecule has 0 spiro atoms. The Kier molecular flexibility index (Phi) is 3.24. The van der Waals surface area contributed by atoms with Gasteiger partial charge in [-0.2, -0.15) is 0 Å². The minimum absolute atomic E-state index is 0.439. The normalized spacial score (nSPS) is 24.3. The summed E-state index contributed by atoms with van der Waals surface area (Å²) in [6.07, 6.45) is 6.95. The van der Waals surface area contributed by atoms with Gasteiger partial charge in [0.2, 0.25) is 0 Å². The zero-order valence-electron chi connectivity index (χ0n) is 10.7. The molecule has 1 aliphatic rings. The predicted molar refractivity (Wildman–Crippen MR) is 76.7 cm³/mol. The van der Waals surface area contributed by atoms with Crippen LogP contribution in [0.25, 0.3) is 10.9 Å². The number of benzene rings is 1. The first-order valence-electron chi connectivity index (χ1n) is 6.88. The summed E-state index contributed by atoms with van der Waals surface area (Å²) < 4.78 is 0. The standard InChI is InChI=1S/C15H21N3/c16-12-7-5-11(6-8-12)9-17-15-10-18-14-4-2-1-3-13(14)15/h1-4,10-12,17-18H,5-9,16H2. The monoisotopic (exact) mass is 243 g/mol. The Morgan fingerprint density at radius 1 is 1.17 bits per heavy atom. The molecule has 1 aliphatic carbocycles. The van der Waals surface area contributed by atoms with E-state index in [1.54, 1.807) is 0 Å². The van der Waals surface area contributed by atoms with Gasteiger partial charge in [0.15, 0.2) is 0 Å². The van der Waals surface area contributed by atoms with Crippen molar-refractivity contribution in [1.29, 1.82) is 0 Å². The lowest BCUT2D eigenvalue weighted by Crippen LogP contribution is -2.29. The fourth-order valence-corrected chi connectivity index (χ4v) is 2.86. The first kappa shape index (κ1) is 11.6. The van der Waals surface area contributed by atoms with Crippen LogP contribution >= 0.6 is 0 Å². The molecule has 1 aromatic carbocycles. The number of para-hydroxylation sites is 1. The molecule has 0 saturated heterocycles. The van der Waals surface area contributed by atoms with Crippen molar-refractivity contribution in [2.24, 2.45) is 11.7 Å². The molecule has 1 aromatic heterocycles. The van der Waals surface area contributed by atoms with Gasteiger partial charge in [-0.15, -0.1) is 0 Å². The second kappa shape index (κ2) is 5.02. The van der Waals surface area contributed by atoms with Gasteiger partial charge in [-0.1, -0.05) is 18.2 Å². The number of fused-ring (bicyclic) bond motifs is 1. The van der Waals surface area contributed by atoms with Gasteiger partial charge in [0.25, 0.3) is 0 Å². The molecule has 1 heterocycles. The number of rotatable bonds is 3. The Hall–Kier alpha value is -1.48. The fourth-order valence-electron chi connectivity index (χ4n) is 2.86. The lowest BCUT2D eigenvalue weighted by atomic mass is 9.86. The molecule has 3 nitrogen and oxygen atoms in total. The highest BCUT2D eigenvalue weighted by Gasteiger charge is 2.18. The van der Waals surface area contributed by atoms with E-state index in [2.05, 4.69) is 40.8 Å². The maximum atomic E-state index is 5.94. The van der Waals surface area contributed by atoms with Crippen LogP contribution in [0.4, 0.5) is 5.69 Å². The minimum atomic E-state index is 0.439. The summed E-state index contributed by atoms with van der Waals surface area (Å²) in [6.45, 7) is 1.06. The molecule has 96 valence electrons. The molecule has 4 N–H and O–H groups in total. The molecule has 3 heteroatoms. The van der Waals surface area contributed by atoms with Crippen molar-refractivity contribution in [1.82, 2.24) is 4.98 Å². The Morgan fingerprint density at radius 3 is 2.78 bits per heavy atom. The molecule has 0 amide bonds. The molecule has 0 bridgehead atoms. The van der Waals surface area contributed by atoms with Crippen LogP contribution in [0, 0.1) is 5.92 Å². The third kappa shape index (κ3) is 2.36. The molecular formula is C15H21N3. The number of hydrogen-bond acceptors (Lipinski definition) is 2. The van der Waals surface area contributed by atoms with E-state index in [-0.39, 0.29) is 0 Å². The van der Waals surface area contributed by atoms with Crippen LogP contribution in [0.2, 0.25) is 0 Å². The molecule has 18 heavy (non-hydrogen) atoms. The van der Waals surface area contributed by atoms with Crippen molar-refractivity contribution in [2.45, 2.75) is 31.7 Å².